The number of aliphatic hydroxyl groups is 1. The molecule has 17 heavy (non-hydrogen) atoms. The SMILES string of the molecule is CC1(C(=O)N[C@H](CCO)C(=O)O)CCCCC1. The smallest absolute Gasteiger partial charge is 0.326 e. The summed E-state index contributed by atoms with van der Waals surface area (Å²) in [6.07, 6.45) is 4.84. The highest BCUT2D eigenvalue weighted by Gasteiger charge is 2.36. The molecule has 1 aliphatic carbocycles. The Morgan fingerprint density at radius 2 is 1.88 bits per heavy atom. The lowest BCUT2D eigenvalue weighted by Gasteiger charge is -2.33. The molecule has 0 radical (unpaired) electrons. The summed E-state index contributed by atoms with van der Waals surface area (Å²) in [5.41, 5.74) is -0.443. The van der Waals surface area contributed by atoms with Crippen LogP contribution in [0.3, 0.4) is 0 Å². The number of rotatable bonds is 5. The van der Waals surface area contributed by atoms with Gasteiger partial charge >= 0.3 is 5.97 Å². The molecular formula is C12H21NO4. The molecule has 1 atom stereocenters. The number of aliphatic hydroxyl groups excluding tert-OH is 1. The summed E-state index contributed by atoms with van der Waals surface area (Å²) in [4.78, 5) is 22.9. The minimum Gasteiger partial charge on any atom is -0.480 e. The molecule has 3 N–H and O–H groups in total. The number of carboxylic acids is 1. The Kier molecular flexibility index (Phi) is 4.93. The number of nitrogens with one attached hydrogen (secondary N) is 1. The summed E-state index contributed by atoms with van der Waals surface area (Å²) in [5, 5.41) is 20.2. The highest BCUT2D eigenvalue weighted by atomic mass is 16.4. The number of carbonyl (C=O) groups excluding carboxylic acids is 1. The highest BCUT2D eigenvalue weighted by Crippen LogP contribution is 2.35. The second-order valence-corrected chi connectivity index (χ2v) is 5.00. The number of hydrogen-bond donors (Lipinski definition) is 3. The van der Waals surface area contributed by atoms with Crippen LogP contribution in [0.25, 0.3) is 0 Å². The van der Waals surface area contributed by atoms with Crippen molar-refractivity contribution in [3.63, 3.8) is 0 Å². The molecule has 1 aliphatic rings. The predicted molar refractivity (Wildman–Crippen MR) is 62.5 cm³/mol. The van der Waals surface area contributed by atoms with E-state index in [0.717, 1.165) is 32.1 Å². The number of amides is 1. The van der Waals surface area contributed by atoms with Gasteiger partial charge in [-0.05, 0) is 12.8 Å². The summed E-state index contributed by atoms with van der Waals surface area (Å²) in [5.74, 6) is -1.29. The Morgan fingerprint density at radius 1 is 1.29 bits per heavy atom. The average molecular weight is 243 g/mol. The molecule has 5 nitrogen and oxygen atoms in total. The van der Waals surface area contributed by atoms with E-state index in [0.29, 0.717) is 0 Å². The Bertz CT molecular complexity index is 284. The van der Waals surface area contributed by atoms with E-state index in [1.165, 1.54) is 0 Å². The first-order valence-electron chi connectivity index (χ1n) is 6.14. The molecule has 1 saturated carbocycles. The van der Waals surface area contributed by atoms with Crippen LogP contribution in [0, 0.1) is 5.41 Å². The number of aliphatic carboxylic acids is 1. The summed E-state index contributed by atoms with van der Waals surface area (Å²) in [6.45, 7) is 1.65. The summed E-state index contributed by atoms with van der Waals surface area (Å²) in [6, 6.07) is -0.980. The van der Waals surface area contributed by atoms with E-state index < -0.39 is 17.4 Å². The molecule has 0 bridgehead atoms. The fourth-order valence-electron chi connectivity index (χ4n) is 2.28. The van der Waals surface area contributed by atoms with E-state index in [1.807, 2.05) is 6.92 Å². The third-order valence-electron chi connectivity index (χ3n) is 3.53. The van der Waals surface area contributed by atoms with Gasteiger partial charge in [-0.2, -0.15) is 0 Å². The summed E-state index contributed by atoms with van der Waals surface area (Å²) in [7, 11) is 0. The highest BCUT2D eigenvalue weighted by molar-refractivity contribution is 5.87. The zero-order valence-electron chi connectivity index (χ0n) is 10.2. The molecule has 1 rings (SSSR count). The molecule has 98 valence electrons. The molecule has 0 spiro atoms. The average Bonchev–Trinajstić information content (AvgIpc) is 2.29. The van der Waals surface area contributed by atoms with Crippen molar-refractivity contribution in [2.45, 2.75) is 51.5 Å². The van der Waals surface area contributed by atoms with Crippen LogP contribution in [0.1, 0.15) is 45.4 Å². The van der Waals surface area contributed by atoms with Gasteiger partial charge in [-0.25, -0.2) is 4.79 Å². The molecule has 1 fully saturated rings. The lowest BCUT2D eigenvalue weighted by Crippen LogP contribution is -2.48. The maximum Gasteiger partial charge on any atom is 0.326 e. The van der Waals surface area contributed by atoms with Crippen LogP contribution < -0.4 is 5.32 Å². The Labute approximate surface area is 101 Å². The van der Waals surface area contributed by atoms with Crippen molar-refractivity contribution in [2.75, 3.05) is 6.61 Å². The van der Waals surface area contributed by atoms with Gasteiger partial charge in [-0.15, -0.1) is 0 Å². The largest absolute Gasteiger partial charge is 0.480 e. The van der Waals surface area contributed by atoms with Crippen LogP contribution in [0.4, 0.5) is 0 Å². The fourth-order valence-corrected chi connectivity index (χ4v) is 2.28. The topological polar surface area (TPSA) is 86.6 Å². The first kappa shape index (κ1) is 14.0. The standard InChI is InChI=1S/C12H21NO4/c1-12(6-3-2-4-7-12)11(17)13-9(5-8-14)10(15)16/h9,14H,2-8H2,1H3,(H,13,17)(H,15,16)/t9-/m1/s1. The van der Waals surface area contributed by atoms with E-state index in [-0.39, 0.29) is 18.9 Å². The molecule has 0 aromatic rings. The first-order valence-corrected chi connectivity index (χ1v) is 6.14. The number of hydrogen-bond acceptors (Lipinski definition) is 3. The molecule has 0 aromatic heterocycles. The van der Waals surface area contributed by atoms with Gasteiger partial charge in [0.25, 0.3) is 0 Å². The van der Waals surface area contributed by atoms with Crippen molar-refractivity contribution in [3.8, 4) is 0 Å². The zero-order valence-corrected chi connectivity index (χ0v) is 10.2. The molecule has 1 amide bonds. The lowest BCUT2D eigenvalue weighted by molar-refractivity contribution is -0.144. The first-order chi connectivity index (χ1) is 7.99. The number of carbonyl (C=O) groups is 2. The maximum absolute atomic E-state index is 12.1. The summed E-state index contributed by atoms with van der Waals surface area (Å²) < 4.78 is 0. The molecule has 0 unspecified atom stereocenters. The normalized spacial score (nSPS) is 20.6. The third-order valence-corrected chi connectivity index (χ3v) is 3.53. The number of carboxylic acid groups (broad SMARTS) is 1. The van der Waals surface area contributed by atoms with Crippen molar-refractivity contribution < 1.29 is 19.8 Å². The van der Waals surface area contributed by atoms with Gasteiger partial charge < -0.3 is 15.5 Å². The van der Waals surface area contributed by atoms with Gasteiger partial charge in [-0.1, -0.05) is 26.2 Å². The van der Waals surface area contributed by atoms with Gasteiger partial charge in [0, 0.05) is 18.4 Å². The van der Waals surface area contributed by atoms with Crippen LogP contribution in [-0.2, 0) is 9.59 Å². The van der Waals surface area contributed by atoms with E-state index in [2.05, 4.69) is 5.32 Å². The monoisotopic (exact) mass is 243 g/mol. The van der Waals surface area contributed by atoms with E-state index in [9.17, 15) is 9.59 Å². The lowest BCUT2D eigenvalue weighted by atomic mass is 9.75. The van der Waals surface area contributed by atoms with Gasteiger partial charge in [0.1, 0.15) is 6.04 Å². The maximum atomic E-state index is 12.1. The van der Waals surface area contributed by atoms with Crippen molar-refractivity contribution in [1.29, 1.82) is 0 Å². The Balaban J connectivity index is 2.59. The molecular weight excluding hydrogens is 222 g/mol. The second kappa shape index (κ2) is 6.00. The van der Waals surface area contributed by atoms with Crippen molar-refractivity contribution >= 4 is 11.9 Å². The van der Waals surface area contributed by atoms with E-state index >= 15 is 0 Å². The molecule has 0 aliphatic heterocycles. The van der Waals surface area contributed by atoms with Crippen LogP contribution in [0.5, 0.6) is 0 Å². The van der Waals surface area contributed by atoms with E-state index in [4.69, 9.17) is 10.2 Å². The van der Waals surface area contributed by atoms with Gasteiger partial charge in [0.15, 0.2) is 0 Å². The fraction of sp³-hybridized carbons (Fsp3) is 0.833. The summed E-state index contributed by atoms with van der Waals surface area (Å²) >= 11 is 0. The van der Waals surface area contributed by atoms with Gasteiger partial charge in [0.2, 0.25) is 5.91 Å². The van der Waals surface area contributed by atoms with Crippen LogP contribution in [0.2, 0.25) is 0 Å². The third kappa shape index (κ3) is 3.70. The van der Waals surface area contributed by atoms with Crippen molar-refractivity contribution in [1.82, 2.24) is 5.32 Å². The van der Waals surface area contributed by atoms with E-state index in [1.54, 1.807) is 0 Å². The van der Waals surface area contributed by atoms with Crippen LogP contribution in [-0.4, -0.2) is 34.7 Å². The van der Waals surface area contributed by atoms with Crippen LogP contribution >= 0.6 is 0 Å². The minimum absolute atomic E-state index is 0.0527. The second-order valence-electron chi connectivity index (χ2n) is 5.00. The molecule has 0 aromatic carbocycles. The Hall–Kier alpha value is -1.10. The zero-order chi connectivity index (χ0) is 12.9. The minimum atomic E-state index is -1.09. The van der Waals surface area contributed by atoms with Gasteiger partial charge in [-0.3, -0.25) is 4.79 Å². The molecule has 0 heterocycles. The van der Waals surface area contributed by atoms with Crippen LogP contribution in [0.15, 0.2) is 0 Å². The van der Waals surface area contributed by atoms with Gasteiger partial charge in [0.05, 0.1) is 0 Å². The molecule has 5 heteroatoms. The Morgan fingerprint density at radius 3 is 2.35 bits per heavy atom. The predicted octanol–water partition coefficient (Wildman–Crippen LogP) is 0.909. The molecule has 0 saturated heterocycles. The quantitative estimate of drug-likeness (QED) is 0.670. The van der Waals surface area contributed by atoms with Crippen molar-refractivity contribution in [2.24, 2.45) is 5.41 Å². The van der Waals surface area contributed by atoms with Crippen molar-refractivity contribution in [3.05, 3.63) is 0 Å².